The van der Waals surface area contributed by atoms with Crippen LogP contribution in [0.5, 0.6) is 5.75 Å². The highest BCUT2D eigenvalue weighted by atomic mass is 16.5. The van der Waals surface area contributed by atoms with Crippen LogP contribution >= 0.6 is 0 Å². The van der Waals surface area contributed by atoms with Gasteiger partial charge in [0.25, 0.3) is 0 Å². The van der Waals surface area contributed by atoms with Crippen molar-refractivity contribution in [3.8, 4) is 17.0 Å². The zero-order valence-electron chi connectivity index (χ0n) is 15.3. The number of rotatable bonds is 11. The van der Waals surface area contributed by atoms with E-state index in [1.807, 2.05) is 18.3 Å². The molecule has 0 bridgehead atoms. The fourth-order valence-electron chi connectivity index (χ4n) is 2.75. The van der Waals surface area contributed by atoms with E-state index in [9.17, 15) is 0 Å². The molecule has 0 aliphatic carbocycles. The van der Waals surface area contributed by atoms with Crippen molar-refractivity contribution in [3.05, 3.63) is 48.2 Å². The Hall–Kier alpha value is -1.83. The maximum atomic E-state index is 5.67. The van der Waals surface area contributed by atoms with Crippen LogP contribution in [0.3, 0.4) is 0 Å². The van der Waals surface area contributed by atoms with Crippen LogP contribution in [0.2, 0.25) is 0 Å². The summed E-state index contributed by atoms with van der Waals surface area (Å²) < 4.78 is 5.67. The number of ether oxygens (including phenoxy) is 1. The Bertz CT molecular complexity index is 560. The Morgan fingerprint density at radius 1 is 0.792 bits per heavy atom. The van der Waals surface area contributed by atoms with E-state index in [0.717, 1.165) is 30.9 Å². The van der Waals surface area contributed by atoms with Crippen molar-refractivity contribution in [1.29, 1.82) is 0 Å². The quantitative estimate of drug-likeness (QED) is 0.443. The van der Waals surface area contributed by atoms with Gasteiger partial charge >= 0.3 is 0 Å². The molecule has 0 fully saturated rings. The maximum Gasteiger partial charge on any atom is 0.137 e. The third kappa shape index (κ3) is 6.35. The van der Waals surface area contributed by atoms with Crippen LogP contribution in [-0.4, -0.2) is 11.6 Å². The molecule has 0 aliphatic heterocycles. The highest BCUT2D eigenvalue weighted by Crippen LogP contribution is 2.21. The van der Waals surface area contributed by atoms with Gasteiger partial charge in [-0.3, -0.25) is 4.98 Å². The number of hydrogen-bond acceptors (Lipinski definition) is 2. The smallest absolute Gasteiger partial charge is 0.137 e. The Morgan fingerprint density at radius 2 is 1.54 bits per heavy atom. The van der Waals surface area contributed by atoms with Crippen molar-refractivity contribution in [2.45, 2.75) is 65.2 Å². The summed E-state index contributed by atoms with van der Waals surface area (Å²) in [5.41, 5.74) is 3.60. The van der Waals surface area contributed by atoms with Crippen molar-refractivity contribution in [2.24, 2.45) is 0 Å². The van der Waals surface area contributed by atoms with Crippen LogP contribution in [-0.2, 0) is 6.42 Å². The molecule has 0 unspecified atom stereocenters. The number of unbranched alkanes of at least 4 members (excludes halogenated alkanes) is 5. The molecule has 0 aliphatic rings. The number of pyridine rings is 1. The van der Waals surface area contributed by atoms with Gasteiger partial charge in [0, 0.05) is 5.56 Å². The molecule has 0 saturated heterocycles. The van der Waals surface area contributed by atoms with E-state index in [1.165, 1.54) is 49.7 Å². The number of hydrogen-bond donors (Lipinski definition) is 0. The lowest BCUT2D eigenvalue weighted by atomic mass is 10.0. The number of nitrogens with zero attached hydrogens (tertiary/aromatic N) is 1. The molecule has 2 heteroatoms. The minimum atomic E-state index is 0.768. The molecule has 0 spiro atoms. The molecule has 1 heterocycles. The first kappa shape index (κ1) is 18.5. The molecule has 2 aromatic rings. The molecule has 0 saturated carbocycles. The second-order valence-electron chi connectivity index (χ2n) is 6.44. The Balaban J connectivity index is 1.83. The van der Waals surface area contributed by atoms with Gasteiger partial charge in [-0.05, 0) is 37.0 Å². The van der Waals surface area contributed by atoms with Gasteiger partial charge in [0.05, 0.1) is 18.5 Å². The highest BCUT2D eigenvalue weighted by molar-refractivity contribution is 5.59. The van der Waals surface area contributed by atoms with Crippen LogP contribution in [0.1, 0.15) is 64.4 Å². The third-order valence-electron chi connectivity index (χ3n) is 4.32. The SMILES string of the molecule is CCCCCCCc1ccc(-c2ccc(OCCCC)cn2)cc1. The number of aryl methyl sites for hydroxylation is 1. The lowest BCUT2D eigenvalue weighted by Gasteiger charge is -2.07. The lowest BCUT2D eigenvalue weighted by Crippen LogP contribution is -1.97. The van der Waals surface area contributed by atoms with E-state index in [2.05, 4.69) is 43.1 Å². The molecule has 2 nitrogen and oxygen atoms in total. The van der Waals surface area contributed by atoms with Gasteiger partial charge in [-0.1, -0.05) is 70.2 Å². The van der Waals surface area contributed by atoms with Crippen LogP contribution in [0, 0.1) is 0 Å². The van der Waals surface area contributed by atoms with E-state index >= 15 is 0 Å². The fourth-order valence-corrected chi connectivity index (χ4v) is 2.75. The summed E-state index contributed by atoms with van der Waals surface area (Å²) in [4.78, 5) is 4.53. The Labute approximate surface area is 147 Å². The summed E-state index contributed by atoms with van der Waals surface area (Å²) in [6, 6.07) is 12.9. The molecule has 0 atom stereocenters. The summed E-state index contributed by atoms with van der Waals surface area (Å²) in [7, 11) is 0. The van der Waals surface area contributed by atoms with Crippen LogP contribution in [0.25, 0.3) is 11.3 Å². The lowest BCUT2D eigenvalue weighted by molar-refractivity contribution is 0.308. The standard InChI is InChI=1S/C22H31NO/c1-3-5-7-8-9-10-19-11-13-20(14-12-19)22-16-15-21(18-23-22)24-17-6-4-2/h11-16,18H,3-10,17H2,1-2H3. The summed E-state index contributed by atoms with van der Waals surface area (Å²) in [6.07, 6.45) is 11.9. The second-order valence-corrected chi connectivity index (χ2v) is 6.44. The van der Waals surface area contributed by atoms with Crippen LogP contribution in [0.15, 0.2) is 42.6 Å². The van der Waals surface area contributed by atoms with E-state index in [0.29, 0.717) is 0 Å². The monoisotopic (exact) mass is 325 g/mol. The summed E-state index contributed by atoms with van der Waals surface area (Å²) in [6.45, 7) is 5.20. The van der Waals surface area contributed by atoms with Crippen molar-refractivity contribution in [1.82, 2.24) is 4.98 Å². The van der Waals surface area contributed by atoms with Gasteiger partial charge in [0.15, 0.2) is 0 Å². The zero-order valence-corrected chi connectivity index (χ0v) is 15.3. The molecule has 1 aromatic carbocycles. The first-order chi connectivity index (χ1) is 11.8. The van der Waals surface area contributed by atoms with Crippen molar-refractivity contribution in [3.63, 3.8) is 0 Å². The summed E-state index contributed by atoms with van der Waals surface area (Å²) in [5, 5.41) is 0. The fraction of sp³-hybridized carbons (Fsp3) is 0.500. The van der Waals surface area contributed by atoms with Gasteiger partial charge < -0.3 is 4.74 Å². The van der Waals surface area contributed by atoms with Gasteiger partial charge in [-0.2, -0.15) is 0 Å². The van der Waals surface area contributed by atoms with Crippen LogP contribution in [0.4, 0.5) is 0 Å². The van der Waals surface area contributed by atoms with Gasteiger partial charge in [0.2, 0.25) is 0 Å². The molecule has 0 N–H and O–H groups in total. The highest BCUT2D eigenvalue weighted by Gasteiger charge is 2.01. The minimum absolute atomic E-state index is 0.768. The minimum Gasteiger partial charge on any atom is -0.492 e. The van der Waals surface area contributed by atoms with E-state index < -0.39 is 0 Å². The summed E-state index contributed by atoms with van der Waals surface area (Å²) in [5.74, 6) is 0.857. The molecule has 24 heavy (non-hydrogen) atoms. The molecule has 0 radical (unpaired) electrons. The van der Waals surface area contributed by atoms with Crippen molar-refractivity contribution < 1.29 is 4.74 Å². The van der Waals surface area contributed by atoms with E-state index in [-0.39, 0.29) is 0 Å². The average molecular weight is 325 g/mol. The van der Waals surface area contributed by atoms with E-state index in [4.69, 9.17) is 4.74 Å². The predicted octanol–water partition coefficient (Wildman–Crippen LogP) is 6.44. The molecule has 130 valence electrons. The van der Waals surface area contributed by atoms with Gasteiger partial charge in [-0.25, -0.2) is 0 Å². The normalized spacial score (nSPS) is 10.8. The maximum absolute atomic E-state index is 5.67. The molecule has 1 aromatic heterocycles. The second kappa shape index (κ2) is 10.9. The van der Waals surface area contributed by atoms with Gasteiger partial charge in [0.1, 0.15) is 5.75 Å². The third-order valence-corrected chi connectivity index (χ3v) is 4.32. The summed E-state index contributed by atoms with van der Waals surface area (Å²) >= 11 is 0. The van der Waals surface area contributed by atoms with Crippen LogP contribution < -0.4 is 4.74 Å². The van der Waals surface area contributed by atoms with E-state index in [1.54, 1.807) is 0 Å². The number of benzene rings is 1. The topological polar surface area (TPSA) is 22.1 Å². The first-order valence-corrected chi connectivity index (χ1v) is 9.51. The molecule has 0 amide bonds. The zero-order chi connectivity index (χ0) is 17.0. The first-order valence-electron chi connectivity index (χ1n) is 9.51. The largest absolute Gasteiger partial charge is 0.492 e. The average Bonchev–Trinajstić information content (AvgIpc) is 2.63. The predicted molar refractivity (Wildman–Crippen MR) is 103 cm³/mol. The number of aromatic nitrogens is 1. The molecular formula is C22H31NO. The van der Waals surface area contributed by atoms with Crippen molar-refractivity contribution in [2.75, 3.05) is 6.61 Å². The Morgan fingerprint density at radius 3 is 2.21 bits per heavy atom. The Kier molecular flexibility index (Phi) is 8.37. The molecular weight excluding hydrogens is 294 g/mol. The molecule has 2 rings (SSSR count). The van der Waals surface area contributed by atoms with Gasteiger partial charge in [-0.15, -0.1) is 0 Å². The van der Waals surface area contributed by atoms with Crippen molar-refractivity contribution >= 4 is 0 Å².